The van der Waals surface area contributed by atoms with Crippen LogP contribution in [-0.4, -0.2) is 16.5 Å². The van der Waals surface area contributed by atoms with Crippen LogP contribution in [0.5, 0.6) is 0 Å². The van der Waals surface area contributed by atoms with Gasteiger partial charge in [-0.15, -0.1) is 0 Å². The van der Waals surface area contributed by atoms with Gasteiger partial charge in [-0.1, -0.05) is 51.1 Å². The number of imidazole rings is 1. The summed E-state index contributed by atoms with van der Waals surface area (Å²) in [5, 5.41) is 4.16. The topological polar surface area (TPSA) is 40.7 Å². The summed E-state index contributed by atoms with van der Waals surface area (Å²) in [5.74, 6) is 2.87. The van der Waals surface area contributed by atoms with Crippen molar-refractivity contribution in [2.75, 3.05) is 6.54 Å². The lowest BCUT2D eigenvalue weighted by molar-refractivity contribution is 0.267. The molecule has 2 atom stereocenters. The first-order valence-electron chi connectivity index (χ1n) is 8.63. The van der Waals surface area contributed by atoms with Gasteiger partial charge < -0.3 is 10.3 Å². The van der Waals surface area contributed by atoms with Crippen molar-refractivity contribution in [3.8, 4) is 0 Å². The van der Waals surface area contributed by atoms with Crippen LogP contribution in [0.4, 0.5) is 0 Å². The molecular formula is C17H30ClN3. The van der Waals surface area contributed by atoms with Crippen molar-refractivity contribution >= 4 is 11.6 Å². The summed E-state index contributed by atoms with van der Waals surface area (Å²) in [7, 11) is 0. The first-order valence-corrected chi connectivity index (χ1v) is 9.00. The summed E-state index contributed by atoms with van der Waals surface area (Å²) in [6, 6.07) is 0. The second-order valence-corrected chi connectivity index (χ2v) is 7.02. The van der Waals surface area contributed by atoms with Gasteiger partial charge in [0.25, 0.3) is 0 Å². The van der Waals surface area contributed by atoms with Gasteiger partial charge in [-0.25, -0.2) is 4.98 Å². The predicted octanol–water partition coefficient (Wildman–Crippen LogP) is 4.71. The molecule has 1 fully saturated rings. The molecule has 2 N–H and O–H groups in total. The van der Waals surface area contributed by atoms with Gasteiger partial charge in [0.05, 0.1) is 5.69 Å². The molecule has 1 saturated carbocycles. The molecule has 0 aliphatic heterocycles. The van der Waals surface area contributed by atoms with Crippen molar-refractivity contribution in [3.05, 3.63) is 16.7 Å². The third kappa shape index (κ3) is 5.63. The Morgan fingerprint density at radius 2 is 2.24 bits per heavy atom. The Bertz CT molecular complexity index is 416. The molecule has 0 bridgehead atoms. The maximum atomic E-state index is 6.19. The molecule has 2 unspecified atom stereocenters. The van der Waals surface area contributed by atoms with E-state index in [-0.39, 0.29) is 0 Å². The Morgan fingerprint density at radius 1 is 1.38 bits per heavy atom. The van der Waals surface area contributed by atoms with E-state index in [1.54, 1.807) is 0 Å². The minimum Gasteiger partial charge on any atom is -0.344 e. The fourth-order valence-electron chi connectivity index (χ4n) is 3.36. The van der Waals surface area contributed by atoms with Crippen LogP contribution < -0.4 is 5.32 Å². The molecule has 4 heteroatoms. The molecular weight excluding hydrogens is 282 g/mol. The van der Waals surface area contributed by atoms with Crippen molar-refractivity contribution < 1.29 is 0 Å². The zero-order chi connectivity index (χ0) is 15.1. The normalized spacial score (nSPS) is 22.6. The molecule has 0 spiro atoms. The third-order valence-corrected chi connectivity index (χ3v) is 4.93. The minimum atomic E-state index is 0.639. The van der Waals surface area contributed by atoms with Gasteiger partial charge in [0, 0.05) is 13.0 Å². The fraction of sp³-hybridized carbons (Fsp3) is 0.824. The lowest BCUT2D eigenvalue weighted by Gasteiger charge is -2.26. The molecule has 1 aromatic heterocycles. The first-order chi connectivity index (χ1) is 10.2. The van der Waals surface area contributed by atoms with Crippen molar-refractivity contribution in [1.29, 1.82) is 0 Å². The molecule has 21 heavy (non-hydrogen) atoms. The fourth-order valence-corrected chi connectivity index (χ4v) is 3.58. The van der Waals surface area contributed by atoms with E-state index in [1.165, 1.54) is 38.5 Å². The lowest BCUT2D eigenvalue weighted by atomic mass is 9.81. The molecule has 1 aromatic rings. The van der Waals surface area contributed by atoms with Crippen molar-refractivity contribution in [3.63, 3.8) is 0 Å². The zero-order valence-corrected chi connectivity index (χ0v) is 14.3. The highest BCUT2D eigenvalue weighted by atomic mass is 35.5. The van der Waals surface area contributed by atoms with Crippen LogP contribution in [0, 0.1) is 11.8 Å². The summed E-state index contributed by atoms with van der Waals surface area (Å²) in [6.07, 6.45) is 10.3. The van der Waals surface area contributed by atoms with E-state index in [0.717, 1.165) is 49.3 Å². The van der Waals surface area contributed by atoms with Crippen molar-refractivity contribution in [2.45, 2.75) is 71.8 Å². The molecule has 2 rings (SSSR count). The van der Waals surface area contributed by atoms with Gasteiger partial charge in [-0.3, -0.25) is 0 Å². The van der Waals surface area contributed by atoms with E-state index in [9.17, 15) is 0 Å². The number of nitrogens with one attached hydrogen (secondary N) is 2. The predicted molar refractivity (Wildman–Crippen MR) is 89.7 cm³/mol. The molecule has 1 aliphatic rings. The number of aromatic nitrogens is 2. The summed E-state index contributed by atoms with van der Waals surface area (Å²) in [4.78, 5) is 7.75. The first kappa shape index (κ1) is 16.8. The van der Waals surface area contributed by atoms with Crippen LogP contribution in [0.15, 0.2) is 0 Å². The van der Waals surface area contributed by atoms with E-state index in [1.807, 2.05) is 0 Å². The number of nitrogens with zero attached hydrogens (tertiary/aromatic N) is 1. The van der Waals surface area contributed by atoms with Crippen LogP contribution >= 0.6 is 11.6 Å². The average Bonchev–Trinajstić information content (AvgIpc) is 2.82. The van der Waals surface area contributed by atoms with Crippen molar-refractivity contribution in [1.82, 2.24) is 15.3 Å². The monoisotopic (exact) mass is 311 g/mol. The number of unbranched alkanes of at least 4 members (excludes halogenated alkanes) is 1. The Hall–Kier alpha value is -0.540. The summed E-state index contributed by atoms with van der Waals surface area (Å²) in [6.45, 7) is 6.47. The average molecular weight is 312 g/mol. The van der Waals surface area contributed by atoms with E-state index in [4.69, 9.17) is 11.6 Å². The Balaban J connectivity index is 1.67. The second-order valence-electron chi connectivity index (χ2n) is 6.66. The summed E-state index contributed by atoms with van der Waals surface area (Å²) >= 11 is 6.19. The standard InChI is InChI=1S/C17H30ClN3/c1-3-4-8-16-20-15(17(18)21-16)12-19-10-9-14-7-5-6-13(2)11-14/h13-14,19H,3-12H2,1-2H3,(H,20,21). The second kappa shape index (κ2) is 8.79. The number of hydrogen-bond acceptors (Lipinski definition) is 2. The van der Waals surface area contributed by atoms with Gasteiger partial charge in [0.2, 0.25) is 0 Å². The maximum Gasteiger partial charge on any atom is 0.151 e. The maximum absolute atomic E-state index is 6.19. The van der Waals surface area contributed by atoms with Gasteiger partial charge >= 0.3 is 0 Å². The van der Waals surface area contributed by atoms with E-state index in [2.05, 4.69) is 29.1 Å². The molecule has 0 aromatic carbocycles. The van der Waals surface area contributed by atoms with E-state index in [0.29, 0.717) is 5.15 Å². The van der Waals surface area contributed by atoms with Crippen LogP contribution in [-0.2, 0) is 13.0 Å². The molecule has 120 valence electrons. The van der Waals surface area contributed by atoms with Crippen LogP contribution in [0.25, 0.3) is 0 Å². The largest absolute Gasteiger partial charge is 0.344 e. The van der Waals surface area contributed by atoms with Crippen LogP contribution in [0.2, 0.25) is 5.15 Å². The third-order valence-electron chi connectivity index (χ3n) is 4.62. The van der Waals surface area contributed by atoms with Gasteiger partial charge in [0.15, 0.2) is 5.15 Å². The minimum absolute atomic E-state index is 0.639. The smallest absolute Gasteiger partial charge is 0.151 e. The van der Waals surface area contributed by atoms with Gasteiger partial charge in [-0.05, 0) is 37.6 Å². The Labute approximate surface area is 134 Å². The highest BCUT2D eigenvalue weighted by Gasteiger charge is 2.18. The number of rotatable bonds is 8. The van der Waals surface area contributed by atoms with Gasteiger partial charge in [0.1, 0.15) is 5.82 Å². The number of H-pyrrole nitrogens is 1. The van der Waals surface area contributed by atoms with Crippen molar-refractivity contribution in [2.24, 2.45) is 11.8 Å². The molecule has 0 saturated heterocycles. The van der Waals surface area contributed by atoms with E-state index < -0.39 is 0 Å². The zero-order valence-electron chi connectivity index (χ0n) is 13.6. The number of halogens is 1. The van der Waals surface area contributed by atoms with Crippen LogP contribution in [0.3, 0.4) is 0 Å². The number of hydrogen-bond donors (Lipinski definition) is 2. The highest BCUT2D eigenvalue weighted by molar-refractivity contribution is 6.30. The molecule has 3 nitrogen and oxygen atoms in total. The Morgan fingerprint density at radius 3 is 3.00 bits per heavy atom. The molecule has 0 radical (unpaired) electrons. The number of aromatic amines is 1. The lowest BCUT2D eigenvalue weighted by Crippen LogP contribution is -2.21. The Kier molecular flexibility index (Phi) is 7.05. The highest BCUT2D eigenvalue weighted by Crippen LogP contribution is 2.30. The molecule has 1 heterocycles. The molecule has 1 aliphatic carbocycles. The quantitative estimate of drug-likeness (QED) is 0.682. The summed E-state index contributed by atoms with van der Waals surface area (Å²) in [5.41, 5.74) is 1.04. The van der Waals surface area contributed by atoms with Crippen LogP contribution in [0.1, 0.15) is 70.3 Å². The number of aryl methyl sites for hydroxylation is 1. The van der Waals surface area contributed by atoms with Gasteiger partial charge in [-0.2, -0.15) is 0 Å². The molecule has 0 amide bonds. The van der Waals surface area contributed by atoms with E-state index >= 15 is 0 Å². The SMILES string of the molecule is CCCCc1nc(Cl)c(CNCCC2CCCC(C)C2)[nH]1. The summed E-state index contributed by atoms with van der Waals surface area (Å²) < 4.78 is 0.